The Morgan fingerprint density at radius 2 is 1.82 bits per heavy atom. The maximum Gasteiger partial charge on any atom is 0.273 e. The highest BCUT2D eigenvalue weighted by atomic mass is 16.6. The first-order valence-electron chi connectivity index (χ1n) is 10.8. The first-order chi connectivity index (χ1) is 15.9. The number of hydrogen-bond donors (Lipinski definition) is 0. The lowest BCUT2D eigenvalue weighted by Crippen LogP contribution is -2.43. The summed E-state index contributed by atoms with van der Waals surface area (Å²) in [6.07, 6.45) is 3.18. The van der Waals surface area contributed by atoms with E-state index in [2.05, 4.69) is 0 Å². The molecule has 33 heavy (non-hydrogen) atoms. The smallest absolute Gasteiger partial charge is 0.273 e. The first-order valence-corrected chi connectivity index (χ1v) is 10.8. The van der Waals surface area contributed by atoms with Crippen molar-refractivity contribution in [2.45, 2.75) is 38.9 Å². The molecule has 0 spiro atoms. The van der Waals surface area contributed by atoms with Gasteiger partial charge in [-0.25, -0.2) is 0 Å². The third-order valence-electron chi connectivity index (χ3n) is 5.70. The van der Waals surface area contributed by atoms with Crippen LogP contribution in [0.15, 0.2) is 71.3 Å². The molecule has 0 radical (unpaired) electrons. The number of nitro benzene ring substituents is 1. The summed E-state index contributed by atoms with van der Waals surface area (Å²) >= 11 is 0. The second-order valence-electron chi connectivity index (χ2n) is 8.24. The van der Waals surface area contributed by atoms with Crippen molar-refractivity contribution in [2.75, 3.05) is 6.54 Å². The van der Waals surface area contributed by atoms with E-state index in [1.54, 1.807) is 42.4 Å². The minimum atomic E-state index is -0.496. The zero-order chi connectivity index (χ0) is 23.4. The standard InChI is InChI=1S/C25H25N3O5/c1-18-9-10-20(14-23(18)28(31)32)25(30)27(21-11-12-21)17-24(29)26(16-22-8-5-13-33-22)15-19-6-3-2-4-7-19/h2-10,13-14,21H,11-12,15-17H2,1H3. The van der Waals surface area contributed by atoms with E-state index in [4.69, 9.17) is 4.42 Å². The summed E-state index contributed by atoms with van der Waals surface area (Å²) in [5.74, 6) is 0.0708. The molecule has 8 nitrogen and oxygen atoms in total. The summed E-state index contributed by atoms with van der Waals surface area (Å²) in [5.41, 5.74) is 1.56. The van der Waals surface area contributed by atoms with Crippen molar-refractivity contribution in [3.63, 3.8) is 0 Å². The number of rotatable bonds is 9. The number of carbonyl (C=O) groups excluding carboxylic acids is 2. The van der Waals surface area contributed by atoms with Crippen LogP contribution in [-0.4, -0.2) is 39.1 Å². The summed E-state index contributed by atoms with van der Waals surface area (Å²) in [4.78, 5) is 40.6. The molecule has 170 valence electrons. The van der Waals surface area contributed by atoms with Gasteiger partial charge in [0.05, 0.1) is 17.7 Å². The van der Waals surface area contributed by atoms with Crippen LogP contribution in [0.4, 0.5) is 5.69 Å². The molecule has 0 aliphatic heterocycles. The van der Waals surface area contributed by atoms with Crippen molar-refractivity contribution >= 4 is 17.5 Å². The van der Waals surface area contributed by atoms with Crippen LogP contribution in [0.25, 0.3) is 0 Å². The highest BCUT2D eigenvalue weighted by Gasteiger charge is 2.36. The zero-order valence-electron chi connectivity index (χ0n) is 18.3. The second kappa shape index (κ2) is 9.68. The quantitative estimate of drug-likeness (QED) is 0.359. The van der Waals surface area contributed by atoms with Crippen LogP contribution >= 0.6 is 0 Å². The third-order valence-corrected chi connectivity index (χ3v) is 5.70. The van der Waals surface area contributed by atoms with Crippen molar-refractivity contribution in [2.24, 2.45) is 0 Å². The predicted molar refractivity (Wildman–Crippen MR) is 121 cm³/mol. The number of nitro groups is 1. The Balaban J connectivity index is 1.55. The zero-order valence-corrected chi connectivity index (χ0v) is 18.3. The molecule has 0 atom stereocenters. The normalized spacial score (nSPS) is 12.9. The van der Waals surface area contributed by atoms with Crippen molar-refractivity contribution in [1.29, 1.82) is 0 Å². The lowest BCUT2D eigenvalue weighted by Gasteiger charge is -2.27. The number of hydrogen-bond acceptors (Lipinski definition) is 5. The van der Waals surface area contributed by atoms with Gasteiger partial charge in [-0.1, -0.05) is 36.4 Å². The van der Waals surface area contributed by atoms with Crippen LogP contribution < -0.4 is 0 Å². The first kappa shape index (κ1) is 22.3. The van der Waals surface area contributed by atoms with E-state index >= 15 is 0 Å². The van der Waals surface area contributed by atoms with Crippen molar-refractivity contribution in [3.05, 3.63) is 99.5 Å². The minimum absolute atomic E-state index is 0.0380. The van der Waals surface area contributed by atoms with Gasteiger partial charge in [0, 0.05) is 29.8 Å². The number of furan rings is 1. The van der Waals surface area contributed by atoms with E-state index in [0.717, 1.165) is 18.4 Å². The van der Waals surface area contributed by atoms with E-state index < -0.39 is 4.92 Å². The highest BCUT2D eigenvalue weighted by molar-refractivity contribution is 5.97. The average molecular weight is 447 g/mol. The van der Waals surface area contributed by atoms with Gasteiger partial charge in [-0.2, -0.15) is 0 Å². The molecule has 1 saturated carbocycles. The van der Waals surface area contributed by atoms with Crippen molar-refractivity contribution in [1.82, 2.24) is 9.80 Å². The van der Waals surface area contributed by atoms with Gasteiger partial charge in [-0.05, 0) is 43.5 Å². The van der Waals surface area contributed by atoms with Gasteiger partial charge in [-0.3, -0.25) is 19.7 Å². The molecule has 4 rings (SSSR count). The van der Waals surface area contributed by atoms with Crippen LogP contribution in [0.1, 0.15) is 40.1 Å². The fraction of sp³-hybridized carbons (Fsp3) is 0.280. The molecule has 0 bridgehead atoms. The fourth-order valence-corrected chi connectivity index (χ4v) is 3.73. The van der Waals surface area contributed by atoms with Gasteiger partial charge >= 0.3 is 0 Å². The Labute approximate surface area is 191 Å². The van der Waals surface area contributed by atoms with Crippen LogP contribution in [0, 0.1) is 17.0 Å². The van der Waals surface area contributed by atoms with Crippen LogP contribution in [-0.2, 0) is 17.9 Å². The predicted octanol–water partition coefficient (Wildman–Crippen LogP) is 4.33. The summed E-state index contributed by atoms with van der Waals surface area (Å²) in [6.45, 7) is 2.19. The van der Waals surface area contributed by atoms with Gasteiger partial charge in [0.25, 0.3) is 11.6 Å². The Bertz CT molecular complexity index is 1140. The molecule has 8 heteroatoms. The molecule has 1 aliphatic rings. The minimum Gasteiger partial charge on any atom is -0.467 e. The Kier molecular flexibility index (Phi) is 6.53. The molecule has 0 saturated heterocycles. The van der Waals surface area contributed by atoms with Crippen molar-refractivity contribution < 1.29 is 18.9 Å². The molecule has 2 aromatic carbocycles. The summed E-state index contributed by atoms with van der Waals surface area (Å²) in [7, 11) is 0. The van der Waals surface area contributed by atoms with E-state index in [9.17, 15) is 19.7 Å². The highest BCUT2D eigenvalue weighted by Crippen LogP contribution is 2.30. The van der Waals surface area contributed by atoms with E-state index in [-0.39, 0.29) is 42.2 Å². The largest absolute Gasteiger partial charge is 0.467 e. The van der Waals surface area contributed by atoms with Gasteiger partial charge in [0.15, 0.2) is 0 Å². The summed E-state index contributed by atoms with van der Waals surface area (Å²) in [5, 5.41) is 11.3. The maximum absolute atomic E-state index is 13.4. The Hall–Kier alpha value is -3.94. The van der Waals surface area contributed by atoms with Gasteiger partial charge in [-0.15, -0.1) is 0 Å². The lowest BCUT2D eigenvalue weighted by atomic mass is 10.1. The molecule has 1 aliphatic carbocycles. The van der Waals surface area contributed by atoms with Crippen LogP contribution in [0.3, 0.4) is 0 Å². The van der Waals surface area contributed by atoms with E-state index in [1.807, 2.05) is 30.3 Å². The van der Waals surface area contributed by atoms with Crippen molar-refractivity contribution in [3.8, 4) is 0 Å². The molecule has 0 N–H and O–H groups in total. The number of carbonyl (C=O) groups is 2. The van der Waals surface area contributed by atoms with Crippen LogP contribution in [0.5, 0.6) is 0 Å². The monoisotopic (exact) mass is 447 g/mol. The average Bonchev–Trinajstić information content (AvgIpc) is 3.52. The van der Waals surface area contributed by atoms with E-state index in [0.29, 0.717) is 17.9 Å². The molecule has 1 aromatic heterocycles. The molecule has 2 amide bonds. The van der Waals surface area contributed by atoms with Gasteiger partial charge in [0.2, 0.25) is 5.91 Å². The number of nitrogens with zero attached hydrogens (tertiary/aromatic N) is 3. The fourth-order valence-electron chi connectivity index (χ4n) is 3.73. The van der Waals surface area contributed by atoms with Gasteiger partial charge in [0.1, 0.15) is 12.3 Å². The second-order valence-corrected chi connectivity index (χ2v) is 8.24. The lowest BCUT2D eigenvalue weighted by molar-refractivity contribution is -0.385. The molecule has 1 fully saturated rings. The SMILES string of the molecule is Cc1ccc(C(=O)N(CC(=O)N(Cc2ccccc2)Cc2ccco2)C2CC2)cc1[N+](=O)[O-]. The maximum atomic E-state index is 13.4. The molecule has 3 aromatic rings. The van der Waals surface area contributed by atoms with E-state index in [1.165, 1.54) is 11.0 Å². The number of benzene rings is 2. The summed E-state index contributed by atoms with van der Waals surface area (Å²) in [6, 6.07) is 17.6. The Morgan fingerprint density at radius 1 is 1.06 bits per heavy atom. The number of amides is 2. The molecular weight excluding hydrogens is 422 g/mol. The molecular formula is C25H25N3O5. The molecule has 1 heterocycles. The number of aryl methyl sites for hydroxylation is 1. The third kappa shape index (κ3) is 5.46. The summed E-state index contributed by atoms with van der Waals surface area (Å²) < 4.78 is 5.44. The topological polar surface area (TPSA) is 96.9 Å². The van der Waals surface area contributed by atoms with Crippen LogP contribution in [0.2, 0.25) is 0 Å². The van der Waals surface area contributed by atoms with Gasteiger partial charge < -0.3 is 14.2 Å². The molecule has 0 unspecified atom stereocenters. The Morgan fingerprint density at radius 3 is 2.45 bits per heavy atom.